The van der Waals surface area contributed by atoms with E-state index in [1.54, 1.807) is 41.2 Å². The zero-order valence-corrected chi connectivity index (χ0v) is 18.5. The van der Waals surface area contributed by atoms with Gasteiger partial charge in [-0.1, -0.05) is 35.9 Å². The third kappa shape index (κ3) is 4.89. The molecule has 0 radical (unpaired) electrons. The van der Waals surface area contributed by atoms with Crippen LogP contribution in [0.5, 0.6) is 0 Å². The van der Waals surface area contributed by atoms with E-state index in [-0.39, 0.29) is 11.4 Å². The Kier molecular flexibility index (Phi) is 6.60. The lowest BCUT2D eigenvalue weighted by Gasteiger charge is -2.18. The summed E-state index contributed by atoms with van der Waals surface area (Å²) in [5, 5.41) is 7.53. The van der Waals surface area contributed by atoms with Crippen LogP contribution in [0.1, 0.15) is 16.7 Å². The number of sulfonamides is 1. The van der Waals surface area contributed by atoms with Crippen molar-refractivity contribution in [3.05, 3.63) is 76.4 Å². The third-order valence-corrected chi connectivity index (χ3v) is 6.98. The Hall–Kier alpha value is -2.68. The van der Waals surface area contributed by atoms with Crippen molar-refractivity contribution in [3.8, 4) is 0 Å². The number of nitrogens with one attached hydrogen (secondary N) is 1. The minimum atomic E-state index is -3.78. The third-order valence-electron chi connectivity index (χ3n) is 4.81. The molecule has 1 heterocycles. The number of hydrogen-bond donors (Lipinski definition) is 1. The Morgan fingerprint density at radius 1 is 1.13 bits per heavy atom. The van der Waals surface area contributed by atoms with Crippen LogP contribution in [0.4, 0.5) is 5.82 Å². The molecule has 0 atom stereocenters. The average Bonchev–Trinajstić information content (AvgIpc) is 3.12. The van der Waals surface area contributed by atoms with Crippen LogP contribution in [0, 0.1) is 13.8 Å². The molecule has 0 spiro atoms. The zero-order chi connectivity index (χ0) is 21.9. The minimum absolute atomic E-state index is 0.157. The molecule has 158 valence electrons. The fourth-order valence-corrected chi connectivity index (χ4v) is 4.29. The highest BCUT2D eigenvalue weighted by Gasteiger charge is 2.23. The molecule has 7 nitrogen and oxygen atoms in total. The Balaban J connectivity index is 1.69. The Morgan fingerprint density at radius 3 is 2.57 bits per heavy atom. The van der Waals surface area contributed by atoms with Gasteiger partial charge in [-0.15, -0.1) is 0 Å². The second kappa shape index (κ2) is 8.99. The molecule has 0 fully saturated rings. The summed E-state index contributed by atoms with van der Waals surface area (Å²) in [5.41, 5.74) is 2.73. The number of halogens is 1. The number of rotatable bonds is 7. The molecule has 3 rings (SSSR count). The van der Waals surface area contributed by atoms with E-state index in [9.17, 15) is 13.2 Å². The summed E-state index contributed by atoms with van der Waals surface area (Å²) in [4.78, 5) is 12.7. The number of carbonyl (C=O) groups is 1. The fraction of sp³-hybridized carbons (Fsp3) is 0.238. The lowest BCUT2D eigenvalue weighted by atomic mass is 10.1. The molecule has 0 aliphatic heterocycles. The van der Waals surface area contributed by atoms with Crippen LogP contribution in [-0.2, 0) is 21.4 Å². The van der Waals surface area contributed by atoms with Crippen LogP contribution < -0.4 is 5.32 Å². The van der Waals surface area contributed by atoms with Gasteiger partial charge in [0.25, 0.3) is 0 Å². The molecule has 0 unspecified atom stereocenters. The highest BCUT2D eigenvalue weighted by Crippen LogP contribution is 2.20. The molecule has 3 aromatic rings. The van der Waals surface area contributed by atoms with Gasteiger partial charge in [-0.05, 0) is 48.7 Å². The quantitative estimate of drug-likeness (QED) is 0.602. The number of benzene rings is 2. The highest BCUT2D eigenvalue weighted by atomic mass is 35.5. The van der Waals surface area contributed by atoms with Crippen molar-refractivity contribution in [2.45, 2.75) is 25.3 Å². The van der Waals surface area contributed by atoms with Crippen LogP contribution in [0.2, 0.25) is 5.02 Å². The number of aryl methyl sites for hydroxylation is 2. The van der Waals surface area contributed by atoms with Gasteiger partial charge in [0, 0.05) is 18.1 Å². The second-order valence-electron chi connectivity index (χ2n) is 7.02. The summed E-state index contributed by atoms with van der Waals surface area (Å²) in [6.45, 7) is 3.81. The van der Waals surface area contributed by atoms with Crippen LogP contribution in [0.3, 0.4) is 0 Å². The summed E-state index contributed by atoms with van der Waals surface area (Å²) < 4.78 is 28.2. The number of amides is 1. The van der Waals surface area contributed by atoms with Gasteiger partial charge in [-0.25, -0.2) is 13.1 Å². The summed E-state index contributed by atoms with van der Waals surface area (Å²) >= 11 is 6.20. The van der Waals surface area contributed by atoms with Crippen LogP contribution in [0.15, 0.2) is 59.6 Å². The predicted molar refractivity (Wildman–Crippen MR) is 117 cm³/mol. The normalized spacial score (nSPS) is 11.6. The van der Waals surface area contributed by atoms with Gasteiger partial charge in [0.2, 0.25) is 15.9 Å². The Bertz CT molecular complexity index is 1170. The summed E-state index contributed by atoms with van der Waals surface area (Å²) in [5.74, 6) is -0.0114. The van der Waals surface area contributed by atoms with E-state index in [1.807, 2.05) is 32.0 Å². The molecule has 0 aliphatic carbocycles. The van der Waals surface area contributed by atoms with E-state index < -0.39 is 15.9 Å². The van der Waals surface area contributed by atoms with Gasteiger partial charge >= 0.3 is 0 Å². The van der Waals surface area contributed by atoms with Gasteiger partial charge in [-0.3, -0.25) is 4.79 Å². The number of aromatic nitrogens is 2. The molecule has 0 saturated heterocycles. The Labute approximate surface area is 181 Å². The molecular formula is C21H23ClN4O3S. The molecule has 1 amide bonds. The Morgan fingerprint density at radius 2 is 1.87 bits per heavy atom. The smallest absolute Gasteiger partial charge is 0.243 e. The first-order chi connectivity index (χ1) is 14.2. The number of carbonyl (C=O) groups excluding carboxylic acids is 1. The first-order valence-corrected chi connectivity index (χ1v) is 11.1. The van der Waals surface area contributed by atoms with Crippen molar-refractivity contribution >= 4 is 33.3 Å². The summed E-state index contributed by atoms with van der Waals surface area (Å²) in [6.07, 6.45) is 1.56. The lowest BCUT2D eigenvalue weighted by Crippen LogP contribution is -2.35. The summed E-state index contributed by atoms with van der Waals surface area (Å²) in [7, 11) is -2.40. The molecule has 1 N–H and O–H groups in total. The molecule has 2 aromatic carbocycles. The van der Waals surface area contributed by atoms with Crippen LogP contribution in [-0.4, -0.2) is 42.0 Å². The number of hydrogen-bond acceptors (Lipinski definition) is 4. The maximum atomic E-state index is 12.8. The van der Waals surface area contributed by atoms with E-state index in [0.717, 1.165) is 21.0 Å². The molecule has 0 saturated carbocycles. The zero-order valence-electron chi connectivity index (χ0n) is 17.0. The maximum absolute atomic E-state index is 12.8. The standard InChI is InChI=1S/C21H23ClN4O3S/c1-15-8-9-18(12-16(15)2)30(28,29)25(3)14-21(27)24-20-10-11-23-26(20)13-17-6-4-5-7-19(17)22/h4-12H,13-14H2,1-3H3,(H,24,27). The second-order valence-corrected chi connectivity index (χ2v) is 9.47. The van der Waals surface area contributed by atoms with Gasteiger partial charge in [0.1, 0.15) is 5.82 Å². The van der Waals surface area contributed by atoms with Crippen molar-refractivity contribution in [2.24, 2.45) is 0 Å². The summed E-state index contributed by atoms with van der Waals surface area (Å²) in [6, 6.07) is 13.9. The van der Waals surface area contributed by atoms with E-state index in [4.69, 9.17) is 11.6 Å². The molecule has 30 heavy (non-hydrogen) atoms. The molecule has 9 heteroatoms. The van der Waals surface area contributed by atoms with Gasteiger partial charge in [-0.2, -0.15) is 9.40 Å². The highest BCUT2D eigenvalue weighted by molar-refractivity contribution is 7.89. The molecule has 1 aromatic heterocycles. The van der Waals surface area contributed by atoms with E-state index in [0.29, 0.717) is 17.4 Å². The van der Waals surface area contributed by atoms with Crippen LogP contribution in [0.25, 0.3) is 0 Å². The van der Waals surface area contributed by atoms with E-state index >= 15 is 0 Å². The van der Waals surface area contributed by atoms with Gasteiger partial charge < -0.3 is 5.32 Å². The lowest BCUT2D eigenvalue weighted by molar-refractivity contribution is -0.116. The number of nitrogens with zero attached hydrogens (tertiary/aromatic N) is 3. The number of anilines is 1. The SMILES string of the molecule is Cc1ccc(S(=O)(=O)N(C)CC(=O)Nc2ccnn2Cc2ccccc2Cl)cc1C. The van der Waals surface area contributed by atoms with Crippen molar-refractivity contribution in [2.75, 3.05) is 18.9 Å². The molecule has 0 aliphatic rings. The van der Waals surface area contributed by atoms with Crippen molar-refractivity contribution in [1.82, 2.24) is 14.1 Å². The topological polar surface area (TPSA) is 84.3 Å². The molecule has 0 bridgehead atoms. The van der Waals surface area contributed by atoms with E-state index in [2.05, 4.69) is 10.4 Å². The number of likely N-dealkylation sites (N-methyl/N-ethyl adjacent to an activating group) is 1. The van der Waals surface area contributed by atoms with Crippen molar-refractivity contribution in [3.63, 3.8) is 0 Å². The first kappa shape index (κ1) is 22.0. The maximum Gasteiger partial charge on any atom is 0.243 e. The van der Waals surface area contributed by atoms with Gasteiger partial charge in [0.15, 0.2) is 0 Å². The van der Waals surface area contributed by atoms with Crippen LogP contribution >= 0.6 is 11.6 Å². The average molecular weight is 447 g/mol. The first-order valence-electron chi connectivity index (χ1n) is 9.27. The fourth-order valence-electron chi connectivity index (χ4n) is 2.88. The predicted octanol–water partition coefficient (Wildman–Crippen LogP) is 3.46. The van der Waals surface area contributed by atoms with Gasteiger partial charge in [0.05, 0.1) is 24.2 Å². The van der Waals surface area contributed by atoms with E-state index in [1.165, 1.54) is 7.05 Å². The monoisotopic (exact) mass is 446 g/mol. The van der Waals surface area contributed by atoms with Crippen molar-refractivity contribution < 1.29 is 13.2 Å². The minimum Gasteiger partial charge on any atom is -0.310 e. The molecular weight excluding hydrogens is 424 g/mol. The van der Waals surface area contributed by atoms with Crippen molar-refractivity contribution in [1.29, 1.82) is 0 Å². The largest absolute Gasteiger partial charge is 0.310 e.